The molecular formula is C22H27N2O6+. The molecule has 30 heavy (non-hydrogen) atoms. The van der Waals surface area contributed by atoms with Crippen molar-refractivity contribution in [1.29, 1.82) is 0 Å². The second-order valence-electron chi connectivity index (χ2n) is 7.44. The van der Waals surface area contributed by atoms with Crippen LogP contribution in [0.4, 0.5) is 0 Å². The van der Waals surface area contributed by atoms with Crippen LogP contribution in [0.1, 0.15) is 27.9 Å². The molecule has 0 spiro atoms. The van der Waals surface area contributed by atoms with Gasteiger partial charge in [0.25, 0.3) is 5.91 Å². The molecule has 1 aromatic carbocycles. The van der Waals surface area contributed by atoms with Gasteiger partial charge in [-0.05, 0) is 25.1 Å². The molecule has 2 aromatic rings. The van der Waals surface area contributed by atoms with Crippen molar-refractivity contribution in [2.45, 2.75) is 13.0 Å². The number of benzene rings is 1. The molecule has 160 valence electrons. The zero-order valence-corrected chi connectivity index (χ0v) is 17.8. The fourth-order valence-corrected chi connectivity index (χ4v) is 3.60. The van der Waals surface area contributed by atoms with E-state index in [4.69, 9.17) is 13.9 Å². The van der Waals surface area contributed by atoms with E-state index >= 15 is 0 Å². The van der Waals surface area contributed by atoms with Gasteiger partial charge in [0.15, 0.2) is 23.0 Å². The van der Waals surface area contributed by atoms with Crippen molar-refractivity contribution in [3.05, 3.63) is 58.7 Å². The fourth-order valence-electron chi connectivity index (χ4n) is 3.60. The van der Waals surface area contributed by atoms with E-state index < -0.39 is 23.5 Å². The summed E-state index contributed by atoms with van der Waals surface area (Å²) in [6.07, 6.45) is 0. The standard InChI is InChI=1S/C22H26N2O6/c1-13-9-10-15(30-13)19(25)17-18(14-7-6-8-16(28-4)21(14)29-5)24(12-11-23(2)3)22(27)20(17)26/h6-10,18,26H,11-12H2,1-5H3/p+1/t18-/m0/s1. The van der Waals surface area contributed by atoms with E-state index in [0.717, 1.165) is 4.90 Å². The highest BCUT2D eigenvalue weighted by Gasteiger charge is 2.46. The number of carbonyl (C=O) groups excluding carboxylic acids is 2. The molecular weight excluding hydrogens is 388 g/mol. The number of amides is 1. The lowest BCUT2D eigenvalue weighted by Gasteiger charge is -2.28. The first kappa shape index (κ1) is 21.4. The number of nitrogens with one attached hydrogen (secondary N) is 1. The minimum Gasteiger partial charge on any atom is -0.503 e. The molecule has 1 amide bonds. The molecule has 1 aliphatic rings. The summed E-state index contributed by atoms with van der Waals surface area (Å²) in [6, 6.07) is 7.61. The summed E-state index contributed by atoms with van der Waals surface area (Å²) in [5.74, 6) is -0.220. The van der Waals surface area contributed by atoms with Gasteiger partial charge in [-0.1, -0.05) is 12.1 Å². The molecule has 0 saturated heterocycles. The minimum atomic E-state index is -0.834. The van der Waals surface area contributed by atoms with Crippen molar-refractivity contribution in [2.24, 2.45) is 0 Å². The number of rotatable bonds is 8. The number of aliphatic hydroxyl groups excluding tert-OH is 1. The minimum absolute atomic E-state index is 0.0327. The van der Waals surface area contributed by atoms with E-state index in [1.807, 2.05) is 14.1 Å². The zero-order valence-electron chi connectivity index (χ0n) is 17.8. The molecule has 8 heteroatoms. The number of para-hydroxylation sites is 1. The van der Waals surface area contributed by atoms with Crippen molar-refractivity contribution in [3.63, 3.8) is 0 Å². The van der Waals surface area contributed by atoms with Gasteiger partial charge in [0.05, 0.1) is 53.0 Å². The first-order valence-electron chi connectivity index (χ1n) is 9.65. The van der Waals surface area contributed by atoms with Gasteiger partial charge in [-0.25, -0.2) is 0 Å². The van der Waals surface area contributed by atoms with Crippen molar-refractivity contribution in [1.82, 2.24) is 4.90 Å². The maximum Gasteiger partial charge on any atom is 0.290 e. The SMILES string of the molecule is COc1cccc([C@H]2C(C(=O)c3ccc(C)o3)=C(O)C(=O)N2CC[NH+](C)C)c1OC. The normalized spacial score (nSPS) is 16.5. The largest absolute Gasteiger partial charge is 0.503 e. The number of hydrogen-bond acceptors (Lipinski definition) is 6. The first-order valence-corrected chi connectivity index (χ1v) is 9.65. The Morgan fingerprint density at radius 2 is 1.93 bits per heavy atom. The summed E-state index contributed by atoms with van der Waals surface area (Å²) in [7, 11) is 6.94. The molecule has 0 fully saturated rings. The summed E-state index contributed by atoms with van der Waals surface area (Å²) < 4.78 is 16.4. The third kappa shape index (κ3) is 3.78. The Kier molecular flexibility index (Phi) is 6.17. The average Bonchev–Trinajstić information content (AvgIpc) is 3.26. The Labute approximate surface area is 175 Å². The second-order valence-corrected chi connectivity index (χ2v) is 7.44. The monoisotopic (exact) mass is 415 g/mol. The number of ketones is 1. The number of methoxy groups -OCH3 is 2. The van der Waals surface area contributed by atoms with Gasteiger partial charge in [-0.15, -0.1) is 0 Å². The van der Waals surface area contributed by atoms with Gasteiger partial charge in [0, 0.05) is 5.56 Å². The molecule has 2 heterocycles. The predicted octanol–water partition coefficient (Wildman–Crippen LogP) is 1.33. The van der Waals surface area contributed by atoms with E-state index in [1.165, 1.54) is 25.2 Å². The molecule has 0 radical (unpaired) electrons. The molecule has 2 N–H and O–H groups in total. The van der Waals surface area contributed by atoms with E-state index in [2.05, 4.69) is 0 Å². The highest BCUT2D eigenvalue weighted by atomic mass is 16.5. The topological polar surface area (TPSA) is 93.7 Å². The summed E-state index contributed by atoms with van der Waals surface area (Å²) in [4.78, 5) is 28.8. The van der Waals surface area contributed by atoms with E-state index in [0.29, 0.717) is 35.9 Å². The Morgan fingerprint density at radius 3 is 2.50 bits per heavy atom. The van der Waals surface area contributed by atoms with Crippen LogP contribution < -0.4 is 14.4 Å². The number of furan rings is 1. The quantitative estimate of drug-likeness (QED) is 0.632. The van der Waals surface area contributed by atoms with Crippen molar-refractivity contribution in [2.75, 3.05) is 41.4 Å². The van der Waals surface area contributed by atoms with E-state index in [1.54, 1.807) is 31.2 Å². The van der Waals surface area contributed by atoms with E-state index in [9.17, 15) is 14.7 Å². The third-order valence-corrected chi connectivity index (χ3v) is 5.09. The van der Waals surface area contributed by atoms with Crippen LogP contribution in [0, 0.1) is 6.92 Å². The molecule has 0 aliphatic carbocycles. The van der Waals surface area contributed by atoms with Gasteiger partial charge in [0.1, 0.15) is 5.76 Å². The van der Waals surface area contributed by atoms with Crippen LogP contribution in [0.2, 0.25) is 0 Å². The molecule has 8 nitrogen and oxygen atoms in total. The highest BCUT2D eigenvalue weighted by Crippen LogP contribution is 2.45. The number of nitrogens with zero attached hydrogens (tertiary/aromatic N) is 1. The van der Waals surface area contributed by atoms with Gasteiger partial charge >= 0.3 is 0 Å². The summed E-state index contributed by atoms with van der Waals surface area (Å²) in [6.45, 7) is 2.69. The lowest BCUT2D eigenvalue weighted by molar-refractivity contribution is -0.857. The van der Waals surface area contributed by atoms with Crippen LogP contribution in [-0.2, 0) is 4.79 Å². The van der Waals surface area contributed by atoms with Gasteiger partial charge in [0.2, 0.25) is 5.78 Å². The third-order valence-electron chi connectivity index (χ3n) is 5.09. The van der Waals surface area contributed by atoms with Crippen molar-refractivity contribution in [3.8, 4) is 11.5 Å². The predicted molar refractivity (Wildman–Crippen MR) is 109 cm³/mol. The second kappa shape index (κ2) is 8.62. The van der Waals surface area contributed by atoms with E-state index in [-0.39, 0.29) is 11.3 Å². The van der Waals surface area contributed by atoms with Crippen LogP contribution in [0.25, 0.3) is 0 Å². The van der Waals surface area contributed by atoms with Crippen LogP contribution in [0.15, 0.2) is 46.1 Å². The number of aryl methyl sites for hydroxylation is 1. The number of hydrogen-bond donors (Lipinski definition) is 2. The maximum atomic E-state index is 13.3. The van der Waals surface area contributed by atoms with Crippen LogP contribution in [0.5, 0.6) is 11.5 Å². The summed E-state index contributed by atoms with van der Waals surface area (Å²) >= 11 is 0. The number of aliphatic hydroxyl groups is 1. The van der Waals surface area contributed by atoms with Crippen LogP contribution >= 0.6 is 0 Å². The number of ether oxygens (including phenoxy) is 2. The zero-order chi connectivity index (χ0) is 22.0. The first-order chi connectivity index (χ1) is 14.3. The lowest BCUT2D eigenvalue weighted by atomic mass is 9.94. The van der Waals surface area contributed by atoms with Gasteiger partial charge in [-0.3, -0.25) is 9.59 Å². The lowest BCUT2D eigenvalue weighted by Crippen LogP contribution is -3.06. The maximum absolute atomic E-state index is 13.3. The Bertz CT molecular complexity index is 991. The number of carbonyl (C=O) groups is 2. The number of quaternary nitrogens is 1. The molecule has 1 atom stereocenters. The Balaban J connectivity index is 2.16. The fraction of sp³-hybridized carbons (Fsp3) is 0.364. The number of Topliss-reactive ketones (excluding diaryl/α,β-unsaturated/α-hetero) is 1. The number of likely N-dealkylation sites (N-methyl/N-ethyl adjacent to an activating group) is 1. The summed E-state index contributed by atoms with van der Waals surface area (Å²) in [5.41, 5.74) is 0.518. The molecule has 1 aliphatic heterocycles. The average molecular weight is 415 g/mol. The molecule has 1 aromatic heterocycles. The molecule has 0 unspecified atom stereocenters. The Hall–Kier alpha value is -3.26. The summed E-state index contributed by atoms with van der Waals surface area (Å²) in [5, 5.41) is 10.7. The molecule has 0 bridgehead atoms. The van der Waals surface area contributed by atoms with Crippen molar-refractivity contribution < 1.29 is 33.5 Å². The molecule has 0 saturated carbocycles. The van der Waals surface area contributed by atoms with Gasteiger partial charge in [-0.2, -0.15) is 0 Å². The van der Waals surface area contributed by atoms with Crippen LogP contribution in [-0.4, -0.2) is 63.1 Å². The van der Waals surface area contributed by atoms with Crippen molar-refractivity contribution >= 4 is 11.7 Å². The Morgan fingerprint density at radius 1 is 1.20 bits per heavy atom. The highest BCUT2D eigenvalue weighted by molar-refractivity contribution is 6.15. The van der Waals surface area contributed by atoms with Crippen LogP contribution in [0.3, 0.4) is 0 Å². The molecule has 3 rings (SSSR count). The smallest absolute Gasteiger partial charge is 0.290 e. The van der Waals surface area contributed by atoms with Gasteiger partial charge < -0.3 is 28.8 Å².